The zero-order chi connectivity index (χ0) is 15.4. The van der Waals surface area contributed by atoms with Gasteiger partial charge >= 0.3 is 11.8 Å². The summed E-state index contributed by atoms with van der Waals surface area (Å²) in [5, 5.41) is 14.0. The molecule has 5 nitrogen and oxygen atoms in total. The fourth-order valence-electron chi connectivity index (χ4n) is 2.16. The molecule has 0 bridgehead atoms. The lowest BCUT2D eigenvalue weighted by atomic mass is 10.1. The Labute approximate surface area is 121 Å². The molecule has 0 heterocycles. The van der Waals surface area contributed by atoms with Gasteiger partial charge in [-0.2, -0.15) is 0 Å². The third-order valence-electron chi connectivity index (χ3n) is 3.35. The van der Waals surface area contributed by atoms with Crippen molar-refractivity contribution in [2.45, 2.75) is 19.4 Å². The van der Waals surface area contributed by atoms with Crippen LogP contribution in [0.4, 0.5) is 10.1 Å². The number of aryl methyl sites for hydroxylation is 1. The van der Waals surface area contributed by atoms with Crippen LogP contribution in [0.25, 0.3) is 0 Å². The van der Waals surface area contributed by atoms with Crippen LogP contribution in [0.2, 0.25) is 0 Å². The molecule has 0 saturated carbocycles. The van der Waals surface area contributed by atoms with E-state index in [0.717, 1.165) is 0 Å². The number of rotatable bonds is 3. The molecule has 1 aromatic rings. The minimum atomic E-state index is -0.804. The number of anilines is 1. The number of hydrogen-bond donors (Lipinski definition) is 3. The first-order valence-corrected chi connectivity index (χ1v) is 6.66. The number of halogens is 1. The Bertz CT molecular complexity index is 586. The summed E-state index contributed by atoms with van der Waals surface area (Å²) in [4.78, 5) is 23.5. The number of benzene rings is 1. The molecule has 112 valence electrons. The molecule has 0 radical (unpaired) electrons. The Morgan fingerprint density at radius 2 is 2.10 bits per heavy atom. The second-order valence-electron chi connectivity index (χ2n) is 5.06. The van der Waals surface area contributed by atoms with E-state index in [1.807, 2.05) is 6.08 Å². The first-order chi connectivity index (χ1) is 9.99. The summed E-state index contributed by atoms with van der Waals surface area (Å²) in [5.74, 6) is -1.92. The molecular formula is C15H17FN2O3. The van der Waals surface area contributed by atoms with E-state index in [4.69, 9.17) is 5.11 Å². The molecule has 2 atom stereocenters. The smallest absolute Gasteiger partial charge is 0.313 e. The topological polar surface area (TPSA) is 78.4 Å². The highest BCUT2D eigenvalue weighted by Gasteiger charge is 2.22. The maximum Gasteiger partial charge on any atom is 0.313 e. The fraction of sp³-hybridized carbons (Fsp3) is 0.333. The summed E-state index contributed by atoms with van der Waals surface area (Å²) in [5.41, 5.74) is 0.752. The summed E-state index contributed by atoms with van der Waals surface area (Å²) in [6.07, 6.45) is 4.14. The summed E-state index contributed by atoms with van der Waals surface area (Å²) >= 11 is 0. The van der Waals surface area contributed by atoms with E-state index in [1.165, 1.54) is 18.2 Å². The van der Waals surface area contributed by atoms with Crippen molar-refractivity contribution in [1.29, 1.82) is 0 Å². The Balaban J connectivity index is 1.89. The molecule has 6 heteroatoms. The van der Waals surface area contributed by atoms with E-state index >= 15 is 0 Å². The quantitative estimate of drug-likeness (QED) is 0.577. The van der Waals surface area contributed by atoms with Gasteiger partial charge in [0.15, 0.2) is 0 Å². The zero-order valence-corrected chi connectivity index (χ0v) is 11.6. The molecule has 1 aliphatic carbocycles. The third-order valence-corrected chi connectivity index (χ3v) is 3.35. The van der Waals surface area contributed by atoms with Gasteiger partial charge in [-0.3, -0.25) is 9.59 Å². The maximum absolute atomic E-state index is 13.1. The summed E-state index contributed by atoms with van der Waals surface area (Å²) in [6.45, 7) is 1.59. The van der Waals surface area contributed by atoms with Crippen molar-refractivity contribution in [1.82, 2.24) is 5.32 Å². The van der Waals surface area contributed by atoms with Crippen molar-refractivity contribution >= 4 is 17.5 Å². The van der Waals surface area contributed by atoms with Crippen LogP contribution in [0, 0.1) is 18.7 Å². The summed E-state index contributed by atoms with van der Waals surface area (Å²) < 4.78 is 13.1. The molecule has 0 spiro atoms. The molecule has 0 aliphatic heterocycles. The second kappa shape index (κ2) is 6.49. The van der Waals surface area contributed by atoms with Crippen LogP contribution in [0.3, 0.4) is 0 Å². The van der Waals surface area contributed by atoms with Gasteiger partial charge in [0.1, 0.15) is 5.82 Å². The van der Waals surface area contributed by atoms with Crippen molar-refractivity contribution in [3.63, 3.8) is 0 Å². The van der Waals surface area contributed by atoms with Gasteiger partial charge < -0.3 is 15.7 Å². The van der Waals surface area contributed by atoms with Gasteiger partial charge in [0, 0.05) is 24.3 Å². The predicted octanol–water partition coefficient (Wildman–Crippen LogP) is 1.13. The summed E-state index contributed by atoms with van der Waals surface area (Å²) in [6, 6.07) is 3.83. The van der Waals surface area contributed by atoms with Gasteiger partial charge in [-0.05, 0) is 37.1 Å². The maximum atomic E-state index is 13.1. The highest BCUT2D eigenvalue weighted by Crippen LogP contribution is 2.17. The van der Waals surface area contributed by atoms with E-state index in [2.05, 4.69) is 10.6 Å². The third kappa shape index (κ3) is 3.88. The van der Waals surface area contributed by atoms with Crippen LogP contribution < -0.4 is 10.6 Å². The zero-order valence-electron chi connectivity index (χ0n) is 11.6. The molecule has 1 aliphatic rings. The molecular weight excluding hydrogens is 275 g/mol. The molecule has 2 amide bonds. The number of amides is 2. The van der Waals surface area contributed by atoms with Gasteiger partial charge in [0.25, 0.3) is 0 Å². The van der Waals surface area contributed by atoms with Crippen LogP contribution in [0.1, 0.15) is 12.0 Å². The normalized spacial score (nSPS) is 20.3. The van der Waals surface area contributed by atoms with Crippen LogP contribution in [-0.4, -0.2) is 29.6 Å². The van der Waals surface area contributed by atoms with Crippen molar-refractivity contribution in [2.75, 3.05) is 11.9 Å². The number of aliphatic hydroxyl groups excluding tert-OH is 1. The summed E-state index contributed by atoms with van der Waals surface area (Å²) in [7, 11) is 0. The number of aliphatic hydroxyl groups is 1. The standard InChI is InChI=1S/C15H17FN2O3/c1-9-6-11(4-5-13(9)16)17-14(20)15(21)18-12-3-2-10(7-12)8-19/h2-6,10,12,19H,7-8H2,1H3,(H,17,20)(H,18,21)/t10-,12+/m0/s1. The van der Waals surface area contributed by atoms with Crippen LogP contribution in [-0.2, 0) is 9.59 Å². The fourth-order valence-corrected chi connectivity index (χ4v) is 2.16. The molecule has 0 unspecified atom stereocenters. The van der Waals surface area contributed by atoms with Crippen molar-refractivity contribution in [2.24, 2.45) is 5.92 Å². The highest BCUT2D eigenvalue weighted by molar-refractivity contribution is 6.39. The van der Waals surface area contributed by atoms with Crippen LogP contribution in [0.5, 0.6) is 0 Å². The van der Waals surface area contributed by atoms with E-state index in [0.29, 0.717) is 17.7 Å². The van der Waals surface area contributed by atoms with Gasteiger partial charge in [-0.25, -0.2) is 4.39 Å². The average Bonchev–Trinajstić information content (AvgIpc) is 2.90. The SMILES string of the molecule is Cc1cc(NC(=O)C(=O)N[C@@H]2C=C[C@H](CO)C2)ccc1F. The lowest BCUT2D eigenvalue weighted by Gasteiger charge is -2.12. The number of hydrogen-bond acceptors (Lipinski definition) is 3. The second-order valence-corrected chi connectivity index (χ2v) is 5.06. The number of carbonyl (C=O) groups is 2. The van der Waals surface area contributed by atoms with E-state index < -0.39 is 11.8 Å². The van der Waals surface area contributed by atoms with E-state index in [1.54, 1.807) is 13.0 Å². The average molecular weight is 292 g/mol. The van der Waals surface area contributed by atoms with Crippen LogP contribution >= 0.6 is 0 Å². The van der Waals surface area contributed by atoms with Gasteiger partial charge in [-0.15, -0.1) is 0 Å². The Kier molecular flexibility index (Phi) is 4.70. The number of nitrogens with one attached hydrogen (secondary N) is 2. The molecule has 21 heavy (non-hydrogen) atoms. The molecule has 3 N–H and O–H groups in total. The van der Waals surface area contributed by atoms with Gasteiger partial charge in [0.2, 0.25) is 0 Å². The lowest BCUT2D eigenvalue weighted by molar-refractivity contribution is -0.136. The molecule has 0 fully saturated rings. The lowest BCUT2D eigenvalue weighted by Crippen LogP contribution is -2.40. The number of carbonyl (C=O) groups excluding carboxylic acids is 2. The monoisotopic (exact) mass is 292 g/mol. The largest absolute Gasteiger partial charge is 0.396 e. The van der Waals surface area contributed by atoms with Gasteiger partial charge in [0.05, 0.1) is 0 Å². The van der Waals surface area contributed by atoms with Gasteiger partial charge in [-0.1, -0.05) is 12.2 Å². The van der Waals surface area contributed by atoms with E-state index in [-0.39, 0.29) is 24.4 Å². The van der Waals surface area contributed by atoms with Crippen molar-refractivity contribution in [3.8, 4) is 0 Å². The molecule has 1 aromatic carbocycles. The Morgan fingerprint density at radius 3 is 2.71 bits per heavy atom. The van der Waals surface area contributed by atoms with Crippen LogP contribution in [0.15, 0.2) is 30.4 Å². The minimum absolute atomic E-state index is 0.0121. The molecule has 0 saturated heterocycles. The Hall–Kier alpha value is -2.21. The Morgan fingerprint density at radius 1 is 1.33 bits per heavy atom. The van der Waals surface area contributed by atoms with Crippen molar-refractivity contribution < 1.29 is 19.1 Å². The first kappa shape index (κ1) is 15.2. The molecule has 2 rings (SSSR count). The minimum Gasteiger partial charge on any atom is -0.396 e. The molecule has 0 aromatic heterocycles. The highest BCUT2D eigenvalue weighted by atomic mass is 19.1. The van der Waals surface area contributed by atoms with E-state index in [9.17, 15) is 14.0 Å². The first-order valence-electron chi connectivity index (χ1n) is 6.66. The van der Waals surface area contributed by atoms with Crippen molar-refractivity contribution in [3.05, 3.63) is 41.7 Å². The predicted molar refractivity (Wildman–Crippen MR) is 76.0 cm³/mol.